The van der Waals surface area contributed by atoms with Crippen molar-refractivity contribution in [3.63, 3.8) is 0 Å². The quantitative estimate of drug-likeness (QED) is 0.522. The van der Waals surface area contributed by atoms with Crippen LogP contribution in [0.4, 0.5) is 0 Å². The summed E-state index contributed by atoms with van der Waals surface area (Å²) in [5.41, 5.74) is 0. The number of rotatable bonds is 2. The maximum Gasteiger partial charge on any atom is 0.0612 e. The summed E-state index contributed by atoms with van der Waals surface area (Å²) in [5, 5.41) is 11.7. The van der Waals surface area contributed by atoms with E-state index in [4.69, 9.17) is 5.11 Å². The lowest BCUT2D eigenvalue weighted by Gasteiger charge is -2.00. The monoisotopic (exact) mass is 127 g/mol. The Morgan fingerprint density at radius 3 is 3.11 bits per heavy atom. The highest BCUT2D eigenvalue weighted by atomic mass is 16.2. The van der Waals surface area contributed by atoms with E-state index in [1.165, 1.54) is 12.8 Å². The van der Waals surface area contributed by atoms with Crippen LogP contribution < -0.4 is 5.32 Å². The van der Waals surface area contributed by atoms with Gasteiger partial charge in [-0.25, -0.2) is 0 Å². The summed E-state index contributed by atoms with van der Waals surface area (Å²) in [6.45, 7) is 1.29. The van der Waals surface area contributed by atoms with Crippen LogP contribution in [0.1, 0.15) is 12.8 Å². The first-order chi connectivity index (χ1) is 4.43. The second-order valence-electron chi connectivity index (χ2n) is 2.31. The van der Waals surface area contributed by atoms with E-state index in [0.29, 0.717) is 6.04 Å². The molecule has 1 unspecified atom stereocenters. The number of aliphatic hydroxyl groups is 1. The second kappa shape index (κ2) is 3.64. The van der Waals surface area contributed by atoms with E-state index in [1.54, 1.807) is 6.08 Å². The van der Waals surface area contributed by atoms with Gasteiger partial charge in [0.15, 0.2) is 0 Å². The largest absolute Gasteiger partial charge is 0.392 e. The van der Waals surface area contributed by atoms with Crippen LogP contribution >= 0.6 is 0 Å². The van der Waals surface area contributed by atoms with Crippen molar-refractivity contribution in [2.75, 3.05) is 13.2 Å². The van der Waals surface area contributed by atoms with Gasteiger partial charge in [0.05, 0.1) is 6.61 Å². The smallest absolute Gasteiger partial charge is 0.0612 e. The Balaban J connectivity index is 2.18. The van der Waals surface area contributed by atoms with E-state index in [0.717, 1.165) is 6.54 Å². The molecule has 2 heteroatoms. The molecule has 52 valence electrons. The molecule has 1 fully saturated rings. The molecular formula is C7H13NO. The standard InChI is InChI=1S/C7H13NO/c9-6-2-4-7-3-1-5-8-7/h2,4,7-9H,1,3,5-6H2/b4-2+. The number of nitrogens with one attached hydrogen (secondary N) is 1. The molecule has 0 aromatic carbocycles. The van der Waals surface area contributed by atoms with Gasteiger partial charge in [0.1, 0.15) is 0 Å². The molecule has 1 aliphatic rings. The van der Waals surface area contributed by atoms with Gasteiger partial charge in [0.2, 0.25) is 0 Å². The Morgan fingerprint density at radius 2 is 2.56 bits per heavy atom. The Bertz CT molecular complexity index is 95.1. The van der Waals surface area contributed by atoms with Crippen LogP contribution in [0.25, 0.3) is 0 Å². The van der Waals surface area contributed by atoms with Crippen LogP contribution in [0.15, 0.2) is 12.2 Å². The van der Waals surface area contributed by atoms with Crippen LogP contribution in [-0.2, 0) is 0 Å². The third-order valence-corrected chi connectivity index (χ3v) is 1.57. The van der Waals surface area contributed by atoms with Crippen LogP contribution in [0.2, 0.25) is 0 Å². The summed E-state index contributed by atoms with van der Waals surface area (Å²) in [4.78, 5) is 0. The predicted octanol–water partition coefficient (Wildman–Crippen LogP) is 0.287. The molecule has 0 spiro atoms. The van der Waals surface area contributed by atoms with Crippen molar-refractivity contribution in [2.45, 2.75) is 18.9 Å². The van der Waals surface area contributed by atoms with Gasteiger partial charge in [-0.15, -0.1) is 0 Å². The minimum atomic E-state index is 0.165. The molecule has 0 aromatic heterocycles. The highest BCUT2D eigenvalue weighted by molar-refractivity contribution is 4.95. The Morgan fingerprint density at radius 1 is 1.67 bits per heavy atom. The van der Waals surface area contributed by atoms with Gasteiger partial charge in [-0.2, -0.15) is 0 Å². The lowest BCUT2D eigenvalue weighted by Crippen LogP contribution is -2.18. The van der Waals surface area contributed by atoms with Crippen LogP contribution in [0, 0.1) is 0 Å². The normalized spacial score (nSPS) is 27.9. The van der Waals surface area contributed by atoms with Crippen LogP contribution in [-0.4, -0.2) is 24.3 Å². The lowest BCUT2D eigenvalue weighted by molar-refractivity contribution is 0.342. The summed E-state index contributed by atoms with van der Waals surface area (Å²) >= 11 is 0. The molecule has 1 aliphatic heterocycles. The molecule has 1 saturated heterocycles. The molecule has 0 aliphatic carbocycles. The maximum absolute atomic E-state index is 8.41. The maximum atomic E-state index is 8.41. The van der Waals surface area contributed by atoms with Gasteiger partial charge >= 0.3 is 0 Å². The fraction of sp³-hybridized carbons (Fsp3) is 0.714. The summed E-state index contributed by atoms with van der Waals surface area (Å²) < 4.78 is 0. The molecular weight excluding hydrogens is 114 g/mol. The van der Waals surface area contributed by atoms with Crippen LogP contribution in [0.3, 0.4) is 0 Å². The second-order valence-corrected chi connectivity index (χ2v) is 2.31. The van der Waals surface area contributed by atoms with Crippen molar-refractivity contribution in [1.82, 2.24) is 5.32 Å². The zero-order valence-electron chi connectivity index (χ0n) is 5.51. The SMILES string of the molecule is OC/C=C/C1CCCN1. The molecule has 9 heavy (non-hydrogen) atoms. The molecule has 0 saturated carbocycles. The summed E-state index contributed by atoms with van der Waals surface area (Å²) in [5.74, 6) is 0. The molecule has 0 amide bonds. The topological polar surface area (TPSA) is 32.3 Å². The third kappa shape index (κ3) is 2.16. The molecule has 1 rings (SSSR count). The highest BCUT2D eigenvalue weighted by Gasteiger charge is 2.08. The van der Waals surface area contributed by atoms with Gasteiger partial charge in [-0.3, -0.25) is 0 Å². The Kier molecular flexibility index (Phi) is 2.74. The van der Waals surface area contributed by atoms with Crippen molar-refractivity contribution in [2.24, 2.45) is 0 Å². The highest BCUT2D eigenvalue weighted by Crippen LogP contribution is 2.04. The predicted molar refractivity (Wildman–Crippen MR) is 37.3 cm³/mol. The van der Waals surface area contributed by atoms with Gasteiger partial charge in [-0.1, -0.05) is 12.2 Å². The fourth-order valence-electron chi connectivity index (χ4n) is 1.10. The summed E-state index contributed by atoms with van der Waals surface area (Å²) in [6, 6.07) is 0.525. The van der Waals surface area contributed by atoms with E-state index in [9.17, 15) is 0 Å². The first-order valence-electron chi connectivity index (χ1n) is 3.44. The number of hydrogen-bond acceptors (Lipinski definition) is 2. The van der Waals surface area contributed by atoms with E-state index >= 15 is 0 Å². The van der Waals surface area contributed by atoms with Gasteiger partial charge < -0.3 is 10.4 Å². The van der Waals surface area contributed by atoms with Crippen molar-refractivity contribution in [3.05, 3.63) is 12.2 Å². The van der Waals surface area contributed by atoms with Gasteiger partial charge in [-0.05, 0) is 19.4 Å². The van der Waals surface area contributed by atoms with Crippen molar-refractivity contribution < 1.29 is 5.11 Å². The van der Waals surface area contributed by atoms with Gasteiger partial charge in [0.25, 0.3) is 0 Å². The first-order valence-corrected chi connectivity index (χ1v) is 3.44. The minimum Gasteiger partial charge on any atom is -0.392 e. The number of hydrogen-bond donors (Lipinski definition) is 2. The van der Waals surface area contributed by atoms with Gasteiger partial charge in [0, 0.05) is 6.04 Å². The van der Waals surface area contributed by atoms with Crippen LogP contribution in [0.5, 0.6) is 0 Å². The minimum absolute atomic E-state index is 0.165. The van der Waals surface area contributed by atoms with E-state index in [2.05, 4.69) is 5.32 Å². The Labute approximate surface area is 55.6 Å². The summed E-state index contributed by atoms with van der Waals surface area (Å²) in [7, 11) is 0. The van der Waals surface area contributed by atoms with E-state index < -0.39 is 0 Å². The zero-order chi connectivity index (χ0) is 6.53. The fourth-order valence-corrected chi connectivity index (χ4v) is 1.10. The lowest BCUT2D eigenvalue weighted by atomic mass is 10.2. The average Bonchev–Trinajstić information content (AvgIpc) is 2.34. The zero-order valence-corrected chi connectivity index (χ0v) is 5.51. The van der Waals surface area contributed by atoms with Crippen molar-refractivity contribution in [1.29, 1.82) is 0 Å². The average molecular weight is 127 g/mol. The van der Waals surface area contributed by atoms with E-state index in [1.807, 2.05) is 6.08 Å². The molecule has 1 heterocycles. The molecule has 2 N–H and O–H groups in total. The molecule has 0 aromatic rings. The first kappa shape index (κ1) is 6.78. The third-order valence-electron chi connectivity index (χ3n) is 1.57. The Hall–Kier alpha value is -0.340. The molecule has 0 radical (unpaired) electrons. The van der Waals surface area contributed by atoms with Crippen molar-refractivity contribution in [3.8, 4) is 0 Å². The number of aliphatic hydroxyl groups excluding tert-OH is 1. The molecule has 2 nitrogen and oxygen atoms in total. The summed E-state index contributed by atoms with van der Waals surface area (Å²) in [6.07, 6.45) is 6.31. The molecule has 1 atom stereocenters. The van der Waals surface area contributed by atoms with E-state index in [-0.39, 0.29) is 6.61 Å². The molecule has 0 bridgehead atoms. The van der Waals surface area contributed by atoms with Crippen molar-refractivity contribution >= 4 is 0 Å².